The van der Waals surface area contributed by atoms with Gasteiger partial charge in [0.05, 0.1) is 12.1 Å². The molecule has 0 saturated heterocycles. The third-order valence-corrected chi connectivity index (χ3v) is 5.46. The van der Waals surface area contributed by atoms with E-state index in [1.54, 1.807) is 24.3 Å². The number of carbonyl (C=O) groups is 2. The first-order chi connectivity index (χ1) is 14.1. The predicted molar refractivity (Wildman–Crippen MR) is 120 cm³/mol. The molecule has 0 aliphatic heterocycles. The van der Waals surface area contributed by atoms with Gasteiger partial charge in [0.1, 0.15) is 5.75 Å². The molecule has 1 N–H and O–H groups in total. The summed E-state index contributed by atoms with van der Waals surface area (Å²) in [5, 5.41) is 11.1. The summed E-state index contributed by atoms with van der Waals surface area (Å²) in [5.41, 5.74) is 3.25. The number of esters is 1. The van der Waals surface area contributed by atoms with Crippen molar-refractivity contribution in [3.05, 3.63) is 81.9 Å². The quantitative estimate of drug-likeness (QED) is 0.506. The number of rotatable bonds is 3. The van der Waals surface area contributed by atoms with Gasteiger partial charge in [-0.2, -0.15) is 0 Å². The van der Waals surface area contributed by atoms with Crippen LogP contribution in [0.1, 0.15) is 53.4 Å². The molecule has 2 aromatic carbocycles. The van der Waals surface area contributed by atoms with Crippen molar-refractivity contribution in [2.24, 2.45) is 0 Å². The topological polar surface area (TPSA) is 63.6 Å². The molecule has 0 unspecified atom stereocenters. The zero-order valence-electron chi connectivity index (χ0n) is 17.4. The molecule has 0 atom stereocenters. The van der Waals surface area contributed by atoms with Gasteiger partial charge in [0.15, 0.2) is 5.78 Å². The summed E-state index contributed by atoms with van der Waals surface area (Å²) in [6, 6.07) is 10.6. The number of phenolic OH excluding ortho intramolecular Hbond substituents is 1. The van der Waals surface area contributed by atoms with E-state index in [4.69, 9.17) is 11.6 Å². The number of aromatic hydroxyl groups is 1. The molecule has 5 heteroatoms. The molecule has 0 bridgehead atoms. The van der Waals surface area contributed by atoms with Gasteiger partial charge < -0.3 is 9.84 Å². The molecule has 0 aromatic heterocycles. The van der Waals surface area contributed by atoms with Gasteiger partial charge in [0, 0.05) is 28.3 Å². The van der Waals surface area contributed by atoms with E-state index in [2.05, 4.69) is 11.3 Å². The Labute approximate surface area is 181 Å². The molecule has 0 radical (unpaired) electrons. The number of fused-ring (bicyclic) bond motifs is 1. The Morgan fingerprint density at radius 1 is 1.17 bits per heavy atom. The highest BCUT2D eigenvalue weighted by Crippen LogP contribution is 2.43. The molecule has 0 amide bonds. The average Bonchev–Trinajstić information content (AvgIpc) is 2.71. The van der Waals surface area contributed by atoms with Gasteiger partial charge >= 0.3 is 5.97 Å². The smallest absolute Gasteiger partial charge is 0.330 e. The van der Waals surface area contributed by atoms with Crippen LogP contribution in [0.3, 0.4) is 0 Å². The van der Waals surface area contributed by atoms with E-state index >= 15 is 0 Å². The Bertz CT molecular complexity index is 1130. The second-order valence-electron chi connectivity index (χ2n) is 8.11. The SMILES string of the molecule is C=C1C(Cl)=C(c2cc(/C=C/C(=O)OC)c(O)c(C(C)(C)C)c2)C(=O)c2ccccc21. The van der Waals surface area contributed by atoms with Gasteiger partial charge in [-0.25, -0.2) is 4.79 Å². The fourth-order valence-corrected chi connectivity index (χ4v) is 3.73. The molecule has 0 fully saturated rings. The largest absolute Gasteiger partial charge is 0.507 e. The fourth-order valence-electron chi connectivity index (χ4n) is 3.43. The lowest BCUT2D eigenvalue weighted by molar-refractivity contribution is -0.134. The predicted octanol–water partition coefficient (Wildman–Crippen LogP) is 5.74. The molecule has 154 valence electrons. The van der Waals surface area contributed by atoms with E-state index in [0.29, 0.717) is 39.0 Å². The molecule has 2 aromatic rings. The van der Waals surface area contributed by atoms with Crippen LogP contribution in [0, 0.1) is 0 Å². The average molecular weight is 423 g/mol. The van der Waals surface area contributed by atoms with Crippen LogP contribution < -0.4 is 0 Å². The summed E-state index contributed by atoms with van der Waals surface area (Å²) < 4.78 is 4.64. The maximum Gasteiger partial charge on any atom is 0.330 e. The summed E-state index contributed by atoms with van der Waals surface area (Å²) in [7, 11) is 1.28. The van der Waals surface area contributed by atoms with E-state index in [9.17, 15) is 14.7 Å². The van der Waals surface area contributed by atoms with Crippen LogP contribution in [0.15, 0.2) is 54.1 Å². The van der Waals surface area contributed by atoms with E-state index < -0.39 is 11.4 Å². The minimum atomic E-state index is -0.551. The lowest BCUT2D eigenvalue weighted by Crippen LogP contribution is -2.16. The summed E-state index contributed by atoms with van der Waals surface area (Å²) in [5.74, 6) is -0.729. The van der Waals surface area contributed by atoms with Gasteiger partial charge in [-0.3, -0.25) is 4.79 Å². The van der Waals surface area contributed by atoms with Crippen molar-refractivity contribution in [3.63, 3.8) is 0 Å². The van der Waals surface area contributed by atoms with Crippen molar-refractivity contribution < 1.29 is 19.4 Å². The number of benzene rings is 2. The number of hydrogen-bond acceptors (Lipinski definition) is 4. The standard InChI is InChI=1S/C25H23ClO4/c1-14-17-8-6-7-9-18(17)24(29)21(22(14)26)16-12-15(10-11-20(27)30-5)23(28)19(13-16)25(2,3)4/h6-13,28H,1H2,2-5H3/b11-10+. The normalized spacial score (nSPS) is 14.3. The molecule has 0 spiro atoms. The maximum absolute atomic E-state index is 13.3. The van der Waals surface area contributed by atoms with Gasteiger partial charge in [0.25, 0.3) is 0 Å². The van der Waals surface area contributed by atoms with Crippen LogP contribution in [0.4, 0.5) is 0 Å². The van der Waals surface area contributed by atoms with Crippen molar-refractivity contribution in [3.8, 4) is 5.75 Å². The first kappa shape index (κ1) is 21.6. The molecule has 4 nitrogen and oxygen atoms in total. The van der Waals surface area contributed by atoms with Crippen LogP contribution in [0.5, 0.6) is 5.75 Å². The Morgan fingerprint density at radius 2 is 1.80 bits per heavy atom. The maximum atomic E-state index is 13.3. The number of allylic oxidation sites excluding steroid dienone is 3. The highest BCUT2D eigenvalue weighted by molar-refractivity contribution is 6.50. The molecular formula is C25H23ClO4. The number of Topliss-reactive ketones (excluding diaryl/α,β-unsaturated/α-hetero) is 1. The molecule has 0 heterocycles. The minimum absolute atomic E-state index is 0.0330. The Kier molecular flexibility index (Phi) is 5.73. The van der Waals surface area contributed by atoms with Crippen LogP contribution in [0.2, 0.25) is 0 Å². The molecule has 1 aliphatic carbocycles. The Balaban J connectivity index is 2.27. The van der Waals surface area contributed by atoms with Crippen LogP contribution in [-0.2, 0) is 14.9 Å². The van der Waals surface area contributed by atoms with Crippen molar-refractivity contribution >= 4 is 40.6 Å². The zero-order valence-corrected chi connectivity index (χ0v) is 18.1. The van der Waals surface area contributed by atoms with Gasteiger partial charge in [-0.15, -0.1) is 0 Å². The third-order valence-electron chi connectivity index (χ3n) is 5.04. The van der Waals surface area contributed by atoms with Gasteiger partial charge in [-0.05, 0) is 40.3 Å². The molecular weight excluding hydrogens is 400 g/mol. The first-order valence-corrected chi connectivity index (χ1v) is 9.81. The highest BCUT2D eigenvalue weighted by Gasteiger charge is 2.30. The number of ketones is 1. The summed E-state index contributed by atoms with van der Waals surface area (Å²) >= 11 is 6.60. The number of methoxy groups -OCH3 is 1. The Morgan fingerprint density at radius 3 is 2.40 bits per heavy atom. The molecule has 30 heavy (non-hydrogen) atoms. The van der Waals surface area contributed by atoms with Crippen LogP contribution in [-0.4, -0.2) is 24.0 Å². The third kappa shape index (κ3) is 3.83. The number of phenols is 1. The van der Waals surface area contributed by atoms with E-state index in [1.807, 2.05) is 32.9 Å². The fraction of sp³-hybridized carbons (Fsp3) is 0.200. The number of carbonyl (C=O) groups excluding carboxylic acids is 2. The van der Waals surface area contributed by atoms with E-state index in [0.717, 1.165) is 0 Å². The second-order valence-corrected chi connectivity index (χ2v) is 8.49. The van der Waals surface area contributed by atoms with Gasteiger partial charge in [0.2, 0.25) is 0 Å². The molecule has 3 rings (SSSR count). The van der Waals surface area contributed by atoms with Crippen LogP contribution >= 0.6 is 11.6 Å². The van der Waals surface area contributed by atoms with Crippen molar-refractivity contribution in [1.29, 1.82) is 0 Å². The number of halogens is 1. The summed E-state index contributed by atoms with van der Waals surface area (Å²) in [4.78, 5) is 24.9. The summed E-state index contributed by atoms with van der Waals surface area (Å²) in [6.07, 6.45) is 2.68. The Hall–Kier alpha value is -3.11. The van der Waals surface area contributed by atoms with Crippen molar-refractivity contribution in [1.82, 2.24) is 0 Å². The highest BCUT2D eigenvalue weighted by atomic mass is 35.5. The van der Waals surface area contributed by atoms with E-state index in [-0.39, 0.29) is 16.6 Å². The van der Waals surface area contributed by atoms with E-state index in [1.165, 1.54) is 19.3 Å². The van der Waals surface area contributed by atoms with Crippen molar-refractivity contribution in [2.75, 3.05) is 7.11 Å². The molecule has 0 saturated carbocycles. The monoisotopic (exact) mass is 422 g/mol. The first-order valence-electron chi connectivity index (χ1n) is 9.43. The molecule has 1 aliphatic rings. The summed E-state index contributed by atoms with van der Waals surface area (Å²) in [6.45, 7) is 9.91. The van der Waals surface area contributed by atoms with Crippen LogP contribution in [0.25, 0.3) is 17.2 Å². The lowest BCUT2D eigenvalue weighted by atomic mass is 9.80. The number of hydrogen-bond donors (Lipinski definition) is 1. The van der Waals surface area contributed by atoms with Crippen molar-refractivity contribution in [2.45, 2.75) is 26.2 Å². The zero-order chi connectivity index (χ0) is 22.2. The second kappa shape index (κ2) is 7.96. The lowest BCUT2D eigenvalue weighted by Gasteiger charge is -2.25. The minimum Gasteiger partial charge on any atom is -0.507 e. The number of ether oxygens (including phenoxy) is 1. The van der Waals surface area contributed by atoms with Gasteiger partial charge in [-0.1, -0.05) is 63.2 Å².